The monoisotopic (exact) mass is 592 g/mol. The number of allylic oxidation sites excluding steroid dienone is 2. The average Bonchev–Trinajstić information content (AvgIpc) is 3.29. The van der Waals surface area contributed by atoms with Crippen molar-refractivity contribution < 1.29 is 28.9 Å². The van der Waals surface area contributed by atoms with Gasteiger partial charge in [-0.3, -0.25) is 9.69 Å². The number of hydrogen-bond donors (Lipinski definition) is 1. The van der Waals surface area contributed by atoms with Crippen molar-refractivity contribution in [3.8, 4) is 11.5 Å². The molecule has 0 unspecified atom stereocenters. The average molecular weight is 593 g/mol. The van der Waals surface area contributed by atoms with E-state index in [2.05, 4.69) is 42.1 Å². The summed E-state index contributed by atoms with van der Waals surface area (Å²) in [5.74, 6) is 2.83. The molecule has 43 heavy (non-hydrogen) atoms. The lowest BCUT2D eigenvalue weighted by atomic mass is 9.48. The summed E-state index contributed by atoms with van der Waals surface area (Å²) >= 11 is 0. The summed E-state index contributed by atoms with van der Waals surface area (Å²) in [5, 5.41) is 14.3. The molecule has 1 aliphatic heterocycles. The quantitative estimate of drug-likeness (QED) is 0.176. The Balaban J connectivity index is 1.19. The topological polar surface area (TPSA) is 89.8 Å². The Morgan fingerprint density at radius 2 is 1.91 bits per heavy atom. The van der Waals surface area contributed by atoms with Gasteiger partial charge in [-0.05, 0) is 91.0 Å². The fourth-order valence-corrected chi connectivity index (χ4v) is 9.16. The second kappa shape index (κ2) is 12.3. The molecule has 0 spiro atoms. The van der Waals surface area contributed by atoms with Crippen molar-refractivity contribution in [3.63, 3.8) is 0 Å². The first-order valence-electron chi connectivity index (χ1n) is 16.2. The highest BCUT2D eigenvalue weighted by Gasteiger charge is 2.59. The van der Waals surface area contributed by atoms with Crippen LogP contribution in [0.2, 0.25) is 0 Å². The van der Waals surface area contributed by atoms with Crippen molar-refractivity contribution in [1.82, 2.24) is 4.90 Å². The SMILES string of the molecule is COc1cc(/C=C2\C[C@H]3[C@@H]4CC=C5C[C@@H](OC(C)=O)CC[C@]5(C)[C@H]4CC[C@]3(C)\C2=N\O)ccc1OCCN1CCOCC1. The van der Waals surface area contributed by atoms with Crippen LogP contribution in [0.15, 0.2) is 40.6 Å². The first-order chi connectivity index (χ1) is 20.7. The van der Waals surface area contributed by atoms with Crippen LogP contribution in [0.4, 0.5) is 0 Å². The van der Waals surface area contributed by atoms with Gasteiger partial charge in [0, 0.05) is 38.4 Å². The van der Waals surface area contributed by atoms with E-state index >= 15 is 0 Å². The van der Waals surface area contributed by atoms with E-state index in [-0.39, 0.29) is 22.9 Å². The minimum absolute atomic E-state index is 0.00919. The zero-order chi connectivity index (χ0) is 30.2. The number of esters is 1. The Hall–Kier alpha value is -2.84. The molecule has 4 aliphatic carbocycles. The third-order valence-electron chi connectivity index (χ3n) is 11.5. The number of ether oxygens (including phenoxy) is 4. The lowest BCUT2D eigenvalue weighted by Crippen LogP contribution is -2.50. The van der Waals surface area contributed by atoms with Gasteiger partial charge in [-0.25, -0.2) is 0 Å². The molecule has 1 aromatic rings. The molecule has 0 radical (unpaired) electrons. The second-order valence-electron chi connectivity index (χ2n) is 13.7. The fourth-order valence-electron chi connectivity index (χ4n) is 9.16. The number of benzene rings is 1. The van der Waals surface area contributed by atoms with E-state index in [1.807, 2.05) is 12.1 Å². The van der Waals surface area contributed by atoms with Crippen LogP contribution in [-0.4, -0.2) is 74.5 Å². The number of methoxy groups -OCH3 is 1. The lowest BCUT2D eigenvalue weighted by Gasteiger charge is -2.57. The number of carbonyl (C=O) groups excluding carboxylic acids is 1. The Bertz CT molecular complexity index is 1300. The third kappa shape index (κ3) is 5.73. The van der Waals surface area contributed by atoms with Crippen molar-refractivity contribution in [2.45, 2.75) is 71.8 Å². The van der Waals surface area contributed by atoms with E-state index in [4.69, 9.17) is 18.9 Å². The first kappa shape index (κ1) is 30.2. The summed E-state index contributed by atoms with van der Waals surface area (Å²) in [6, 6.07) is 6.08. The van der Waals surface area contributed by atoms with E-state index in [1.54, 1.807) is 7.11 Å². The predicted molar refractivity (Wildman–Crippen MR) is 166 cm³/mol. The molecule has 8 heteroatoms. The van der Waals surface area contributed by atoms with E-state index in [0.29, 0.717) is 30.1 Å². The number of nitrogens with zero attached hydrogens (tertiary/aromatic N) is 2. The Morgan fingerprint density at radius 3 is 2.65 bits per heavy atom. The van der Waals surface area contributed by atoms with Crippen molar-refractivity contribution in [2.24, 2.45) is 33.7 Å². The predicted octanol–water partition coefficient (Wildman–Crippen LogP) is 6.12. The highest BCUT2D eigenvalue weighted by molar-refractivity contribution is 6.09. The second-order valence-corrected chi connectivity index (χ2v) is 13.7. The minimum atomic E-state index is -0.180. The Morgan fingerprint density at radius 1 is 1.12 bits per heavy atom. The van der Waals surface area contributed by atoms with Gasteiger partial charge in [0.15, 0.2) is 11.5 Å². The van der Waals surface area contributed by atoms with Crippen LogP contribution in [0.3, 0.4) is 0 Å². The number of hydrogen-bond acceptors (Lipinski definition) is 8. The fraction of sp³-hybridized carbons (Fsp3) is 0.657. The largest absolute Gasteiger partial charge is 0.493 e. The van der Waals surface area contributed by atoms with Gasteiger partial charge in [0.05, 0.1) is 26.0 Å². The lowest BCUT2D eigenvalue weighted by molar-refractivity contribution is -0.148. The molecule has 1 saturated heterocycles. The van der Waals surface area contributed by atoms with E-state index in [1.165, 1.54) is 12.5 Å². The van der Waals surface area contributed by atoms with E-state index in [0.717, 1.165) is 100 Å². The van der Waals surface area contributed by atoms with Gasteiger partial charge in [0.2, 0.25) is 0 Å². The van der Waals surface area contributed by atoms with Gasteiger partial charge < -0.3 is 24.2 Å². The van der Waals surface area contributed by atoms with Crippen molar-refractivity contribution in [2.75, 3.05) is 46.6 Å². The molecule has 1 heterocycles. The number of morpholine rings is 1. The van der Waals surface area contributed by atoms with Crippen LogP contribution in [0.1, 0.15) is 71.3 Å². The maximum atomic E-state index is 11.6. The van der Waals surface area contributed by atoms with Crippen molar-refractivity contribution in [1.29, 1.82) is 0 Å². The first-order valence-corrected chi connectivity index (χ1v) is 16.2. The molecule has 0 amide bonds. The molecular weight excluding hydrogens is 544 g/mol. The van der Waals surface area contributed by atoms with Gasteiger partial charge in [-0.15, -0.1) is 0 Å². The Kier molecular flexibility index (Phi) is 8.62. The van der Waals surface area contributed by atoms with Crippen LogP contribution >= 0.6 is 0 Å². The smallest absolute Gasteiger partial charge is 0.302 e. The summed E-state index contributed by atoms with van der Waals surface area (Å²) in [6.45, 7) is 11.2. The van der Waals surface area contributed by atoms with Gasteiger partial charge in [0.25, 0.3) is 0 Å². The number of fused-ring (bicyclic) bond motifs is 5. The molecule has 0 bridgehead atoms. The molecule has 234 valence electrons. The van der Waals surface area contributed by atoms with Gasteiger partial charge in [-0.2, -0.15) is 0 Å². The number of oxime groups is 1. The molecule has 1 N–H and O–H groups in total. The summed E-state index contributed by atoms with van der Waals surface area (Å²) < 4.78 is 22.9. The zero-order valence-corrected chi connectivity index (χ0v) is 26.3. The highest BCUT2D eigenvalue weighted by Crippen LogP contribution is 2.65. The normalized spacial score (nSPS) is 36.0. The molecule has 6 atom stereocenters. The minimum Gasteiger partial charge on any atom is -0.493 e. The van der Waals surface area contributed by atoms with E-state index < -0.39 is 0 Å². The third-order valence-corrected chi connectivity index (χ3v) is 11.5. The van der Waals surface area contributed by atoms with Crippen molar-refractivity contribution in [3.05, 3.63) is 41.0 Å². The van der Waals surface area contributed by atoms with Crippen LogP contribution in [0, 0.1) is 28.6 Å². The molecule has 0 aromatic heterocycles. The molecule has 8 nitrogen and oxygen atoms in total. The summed E-state index contributed by atoms with van der Waals surface area (Å²) in [7, 11) is 1.68. The molecule has 3 saturated carbocycles. The molecule has 5 aliphatic rings. The molecular formula is C35H48N2O6. The standard InChI is InChI=1S/C35H48N2O6/c1-23(38)43-27-9-11-34(2)26(22-27)6-7-28-29(34)10-12-35(3)30(28)21-25(33(35)36-39)19-24-5-8-31(32(20-24)40-4)42-18-15-37-13-16-41-17-14-37/h5-6,8,19-20,27-30,39H,7,9-18,21-22H2,1-4H3/b25-19+,36-33+/t27-,28+,29-,30-,34-,35-/m0/s1. The molecule has 6 rings (SSSR count). The van der Waals surface area contributed by atoms with Gasteiger partial charge in [0.1, 0.15) is 12.7 Å². The number of carbonyl (C=O) groups is 1. The molecule has 1 aromatic carbocycles. The van der Waals surface area contributed by atoms with E-state index in [9.17, 15) is 10.0 Å². The van der Waals surface area contributed by atoms with Gasteiger partial charge in [-0.1, -0.05) is 36.7 Å². The maximum absolute atomic E-state index is 11.6. The summed E-state index contributed by atoms with van der Waals surface area (Å²) in [4.78, 5) is 14.0. The number of rotatable bonds is 7. The maximum Gasteiger partial charge on any atom is 0.302 e. The van der Waals surface area contributed by atoms with Crippen LogP contribution < -0.4 is 9.47 Å². The van der Waals surface area contributed by atoms with Crippen molar-refractivity contribution >= 4 is 17.8 Å². The highest BCUT2D eigenvalue weighted by atomic mass is 16.5. The summed E-state index contributed by atoms with van der Waals surface area (Å²) in [6.07, 6.45) is 11.6. The Labute approximate surface area is 256 Å². The van der Waals surface area contributed by atoms with Gasteiger partial charge >= 0.3 is 5.97 Å². The summed E-state index contributed by atoms with van der Waals surface area (Å²) in [5.41, 5.74) is 4.48. The van der Waals surface area contributed by atoms with Crippen LogP contribution in [0.25, 0.3) is 6.08 Å². The van der Waals surface area contributed by atoms with Crippen LogP contribution in [-0.2, 0) is 14.3 Å². The zero-order valence-electron chi connectivity index (χ0n) is 26.3. The van der Waals surface area contributed by atoms with Crippen LogP contribution in [0.5, 0.6) is 11.5 Å². The molecule has 4 fully saturated rings.